The van der Waals surface area contributed by atoms with Gasteiger partial charge < -0.3 is 14.9 Å². The second-order valence-electron chi connectivity index (χ2n) is 3.90. The van der Waals surface area contributed by atoms with Gasteiger partial charge in [0.05, 0.1) is 0 Å². The average Bonchev–Trinajstić information content (AvgIpc) is 2.63. The van der Waals surface area contributed by atoms with E-state index in [2.05, 4.69) is 43.3 Å². The van der Waals surface area contributed by atoms with Gasteiger partial charge >= 0.3 is 0 Å². The number of aryl methyl sites for hydroxylation is 1. The van der Waals surface area contributed by atoms with Crippen LogP contribution >= 0.6 is 0 Å². The molecule has 0 unspecified atom stereocenters. The minimum absolute atomic E-state index is 0. The van der Waals surface area contributed by atoms with Crippen LogP contribution in [0.4, 0.5) is 0 Å². The molecule has 0 aliphatic carbocycles. The molecule has 0 spiro atoms. The van der Waals surface area contributed by atoms with E-state index < -0.39 is 0 Å². The van der Waals surface area contributed by atoms with Crippen molar-refractivity contribution in [2.24, 2.45) is 0 Å². The fraction of sp³-hybridized carbons (Fsp3) is 0.312. The van der Waals surface area contributed by atoms with Crippen LogP contribution in [0.25, 0.3) is 10.8 Å². The zero-order valence-electron chi connectivity index (χ0n) is 11.3. The van der Waals surface area contributed by atoms with Gasteiger partial charge in [0.15, 0.2) is 0 Å². The third kappa shape index (κ3) is 4.83. The fourth-order valence-electron chi connectivity index (χ4n) is 2.00. The topological polar surface area (TPSA) is 0 Å². The Morgan fingerprint density at radius 2 is 1.71 bits per heavy atom. The zero-order valence-corrected chi connectivity index (χ0v) is 14.9. The van der Waals surface area contributed by atoms with Crippen molar-refractivity contribution >= 4 is 10.8 Å². The number of benzene rings is 1. The quantitative estimate of drug-likeness (QED) is 0.381. The van der Waals surface area contributed by atoms with Crippen molar-refractivity contribution < 1.29 is 25.8 Å². The van der Waals surface area contributed by atoms with E-state index in [4.69, 9.17) is 0 Å². The van der Waals surface area contributed by atoms with Gasteiger partial charge in [0, 0.05) is 25.8 Å². The summed E-state index contributed by atoms with van der Waals surface area (Å²) in [7, 11) is 0. The SMILES string of the molecule is CCCCC[c-]1ccc2ccccc21.[CH3-].[CH3-].[Hf]. The summed E-state index contributed by atoms with van der Waals surface area (Å²) in [5.74, 6) is 0. The molecule has 17 heavy (non-hydrogen) atoms. The molecule has 0 nitrogen and oxygen atoms in total. The fourth-order valence-corrected chi connectivity index (χ4v) is 2.00. The summed E-state index contributed by atoms with van der Waals surface area (Å²) in [6.07, 6.45) is 5.21. The predicted molar refractivity (Wildman–Crippen MR) is 75.6 cm³/mol. The summed E-state index contributed by atoms with van der Waals surface area (Å²) in [6.45, 7) is 2.25. The predicted octanol–water partition coefficient (Wildman–Crippen LogP) is 5.19. The van der Waals surface area contributed by atoms with Crippen molar-refractivity contribution in [3.05, 3.63) is 56.8 Å². The van der Waals surface area contributed by atoms with Crippen LogP contribution in [0, 0.1) is 14.9 Å². The first-order valence-electron chi connectivity index (χ1n) is 5.55. The summed E-state index contributed by atoms with van der Waals surface area (Å²) < 4.78 is 0. The summed E-state index contributed by atoms with van der Waals surface area (Å²) in [5, 5.41) is 2.84. The van der Waals surface area contributed by atoms with E-state index >= 15 is 0 Å². The molecule has 0 N–H and O–H groups in total. The number of unbranched alkanes of at least 4 members (excludes halogenated alkanes) is 2. The van der Waals surface area contributed by atoms with Crippen molar-refractivity contribution in [1.82, 2.24) is 0 Å². The molecule has 0 bridgehead atoms. The van der Waals surface area contributed by atoms with Gasteiger partial charge in [-0.1, -0.05) is 38.7 Å². The Kier molecular flexibility index (Phi) is 10.9. The van der Waals surface area contributed by atoms with Gasteiger partial charge in [-0.15, -0.1) is 40.6 Å². The van der Waals surface area contributed by atoms with E-state index in [9.17, 15) is 0 Å². The van der Waals surface area contributed by atoms with Crippen molar-refractivity contribution in [1.29, 1.82) is 0 Å². The molecule has 2 aromatic carbocycles. The van der Waals surface area contributed by atoms with Crippen LogP contribution in [-0.4, -0.2) is 0 Å². The molecule has 0 amide bonds. The van der Waals surface area contributed by atoms with Gasteiger partial charge in [0.2, 0.25) is 0 Å². The Labute approximate surface area is 126 Å². The van der Waals surface area contributed by atoms with E-state index in [1.807, 2.05) is 0 Å². The molecule has 2 rings (SSSR count). The minimum atomic E-state index is 0. The van der Waals surface area contributed by atoms with Crippen molar-refractivity contribution in [3.8, 4) is 0 Å². The van der Waals surface area contributed by atoms with E-state index in [0.717, 1.165) is 0 Å². The molecule has 2 aromatic rings. The first-order chi connectivity index (χ1) is 6.92. The Balaban J connectivity index is 0. The maximum Gasteiger partial charge on any atom is 0 e. The average molecular weight is 394 g/mol. The van der Waals surface area contributed by atoms with Gasteiger partial charge in [0.1, 0.15) is 0 Å². The molecule has 0 radical (unpaired) electrons. The van der Waals surface area contributed by atoms with E-state index in [1.54, 1.807) is 0 Å². The van der Waals surface area contributed by atoms with Crippen LogP contribution in [0.2, 0.25) is 0 Å². The second-order valence-corrected chi connectivity index (χ2v) is 3.90. The van der Waals surface area contributed by atoms with Crippen molar-refractivity contribution in [3.63, 3.8) is 0 Å². The van der Waals surface area contributed by atoms with Crippen LogP contribution in [-0.2, 0) is 32.3 Å². The standard InChI is InChI=1S/C14H17.2CH3.Hf/c1-2-3-4-7-12-10-11-13-8-5-6-9-14(12)13;;;/h5-6,8-11H,2-4,7H2,1H3;2*1H3;/q3*-1;. The summed E-state index contributed by atoms with van der Waals surface area (Å²) >= 11 is 0. The van der Waals surface area contributed by atoms with Crippen LogP contribution in [0.1, 0.15) is 31.7 Å². The van der Waals surface area contributed by atoms with E-state index in [1.165, 1.54) is 42.0 Å². The molecule has 0 aliphatic heterocycles. The molecule has 0 aliphatic rings. The maximum atomic E-state index is 2.28. The van der Waals surface area contributed by atoms with Gasteiger partial charge in [-0.25, -0.2) is 0 Å². The first kappa shape index (κ1) is 19.0. The Bertz CT molecular complexity index is 401. The Morgan fingerprint density at radius 1 is 1.00 bits per heavy atom. The molecular weight excluding hydrogens is 371 g/mol. The molecule has 0 heterocycles. The third-order valence-corrected chi connectivity index (χ3v) is 2.82. The number of fused-ring (bicyclic) bond motifs is 1. The van der Waals surface area contributed by atoms with Crippen LogP contribution in [0.5, 0.6) is 0 Å². The molecule has 0 aromatic heterocycles. The molecule has 94 valence electrons. The maximum absolute atomic E-state index is 2.28. The minimum Gasteiger partial charge on any atom is -0.358 e. The van der Waals surface area contributed by atoms with Gasteiger partial charge in [0.25, 0.3) is 0 Å². The smallest absolute Gasteiger partial charge is 0 e. The van der Waals surface area contributed by atoms with Crippen molar-refractivity contribution in [2.45, 2.75) is 32.6 Å². The number of hydrogen-bond acceptors (Lipinski definition) is 0. The van der Waals surface area contributed by atoms with Crippen molar-refractivity contribution in [2.75, 3.05) is 0 Å². The van der Waals surface area contributed by atoms with E-state index in [-0.39, 0.29) is 40.7 Å². The third-order valence-electron chi connectivity index (χ3n) is 2.82. The van der Waals surface area contributed by atoms with Crippen LogP contribution < -0.4 is 0 Å². The summed E-state index contributed by atoms with van der Waals surface area (Å²) in [5.41, 5.74) is 1.52. The molecule has 0 fully saturated rings. The molecule has 0 saturated carbocycles. The van der Waals surface area contributed by atoms with Crippen LogP contribution in [0.3, 0.4) is 0 Å². The largest absolute Gasteiger partial charge is 0.358 e. The monoisotopic (exact) mass is 395 g/mol. The second kappa shape index (κ2) is 9.70. The molecule has 1 heteroatoms. The number of hydrogen-bond donors (Lipinski definition) is 0. The zero-order chi connectivity index (χ0) is 9.80. The summed E-state index contributed by atoms with van der Waals surface area (Å²) in [6, 6.07) is 13.2. The van der Waals surface area contributed by atoms with Gasteiger partial charge in [-0.05, 0) is 0 Å². The molecule has 0 saturated heterocycles. The van der Waals surface area contributed by atoms with Gasteiger partial charge in [-0.2, -0.15) is 6.07 Å². The number of rotatable bonds is 4. The van der Waals surface area contributed by atoms with Gasteiger partial charge in [-0.3, -0.25) is 0 Å². The van der Waals surface area contributed by atoms with E-state index in [0.29, 0.717) is 0 Å². The molecule has 0 atom stereocenters. The summed E-state index contributed by atoms with van der Waals surface area (Å²) in [4.78, 5) is 0. The Morgan fingerprint density at radius 3 is 2.41 bits per heavy atom. The normalized spacial score (nSPS) is 9.00. The van der Waals surface area contributed by atoms with Crippen LogP contribution in [0.15, 0.2) is 36.4 Å². The molecular formula is C16H23Hf-3. The first-order valence-corrected chi connectivity index (χ1v) is 5.55. The Hall–Kier alpha value is -0.300.